The first-order chi connectivity index (χ1) is 11.5. The Kier molecular flexibility index (Phi) is 5.63. The SMILES string of the molecule is C[C@H]1CCCN(Cc2csc(NC(=O)c3cc(F)ccc3Br)n2)C1. The third kappa shape index (κ3) is 4.40. The highest BCUT2D eigenvalue weighted by Gasteiger charge is 2.18. The van der Waals surface area contributed by atoms with Gasteiger partial charge in [-0.2, -0.15) is 0 Å². The van der Waals surface area contributed by atoms with Gasteiger partial charge in [0.2, 0.25) is 0 Å². The number of hydrogen-bond donors (Lipinski definition) is 1. The zero-order chi connectivity index (χ0) is 17.1. The van der Waals surface area contributed by atoms with Crippen molar-refractivity contribution in [3.8, 4) is 0 Å². The lowest BCUT2D eigenvalue weighted by atomic mass is 10.0. The predicted octanol–water partition coefficient (Wildman–Crippen LogP) is 4.53. The van der Waals surface area contributed by atoms with Crippen LogP contribution < -0.4 is 5.32 Å². The molecule has 0 spiro atoms. The molecule has 1 atom stereocenters. The molecule has 2 aromatic rings. The number of aromatic nitrogens is 1. The fraction of sp³-hybridized carbons (Fsp3) is 0.412. The van der Waals surface area contributed by atoms with Crippen molar-refractivity contribution in [1.29, 1.82) is 0 Å². The number of rotatable bonds is 4. The van der Waals surface area contributed by atoms with E-state index in [0.29, 0.717) is 9.60 Å². The Balaban J connectivity index is 1.63. The van der Waals surface area contributed by atoms with Crippen molar-refractivity contribution in [2.24, 2.45) is 5.92 Å². The second-order valence-corrected chi connectivity index (χ2v) is 7.92. The number of carbonyl (C=O) groups is 1. The summed E-state index contributed by atoms with van der Waals surface area (Å²) in [6, 6.07) is 4.04. The zero-order valence-corrected chi connectivity index (χ0v) is 15.8. The average Bonchev–Trinajstić information content (AvgIpc) is 2.96. The Labute approximate surface area is 153 Å². The highest BCUT2D eigenvalue weighted by Crippen LogP contribution is 2.23. The number of amides is 1. The molecule has 1 saturated heterocycles. The van der Waals surface area contributed by atoms with Crippen LogP contribution in [-0.4, -0.2) is 28.9 Å². The molecule has 1 aliphatic rings. The van der Waals surface area contributed by atoms with Gasteiger partial charge in [0.25, 0.3) is 5.91 Å². The van der Waals surface area contributed by atoms with E-state index in [2.05, 4.69) is 38.1 Å². The number of benzene rings is 1. The third-order valence-corrected chi connectivity index (χ3v) is 5.57. The summed E-state index contributed by atoms with van der Waals surface area (Å²) in [5, 5.41) is 5.25. The first-order valence-electron chi connectivity index (χ1n) is 7.94. The molecule has 1 aromatic carbocycles. The minimum Gasteiger partial charge on any atom is -0.298 e. The fourth-order valence-corrected chi connectivity index (χ4v) is 4.06. The smallest absolute Gasteiger partial charge is 0.258 e. The summed E-state index contributed by atoms with van der Waals surface area (Å²) >= 11 is 4.66. The number of carbonyl (C=O) groups excluding carboxylic acids is 1. The van der Waals surface area contributed by atoms with Gasteiger partial charge in [-0.3, -0.25) is 15.0 Å². The van der Waals surface area contributed by atoms with Crippen molar-refractivity contribution in [1.82, 2.24) is 9.88 Å². The van der Waals surface area contributed by atoms with Crippen LogP contribution in [-0.2, 0) is 6.54 Å². The van der Waals surface area contributed by atoms with E-state index in [0.717, 1.165) is 31.2 Å². The minimum absolute atomic E-state index is 0.261. The van der Waals surface area contributed by atoms with Gasteiger partial charge in [-0.05, 0) is 59.4 Å². The number of anilines is 1. The van der Waals surface area contributed by atoms with Crippen LogP contribution in [0.4, 0.5) is 9.52 Å². The molecule has 7 heteroatoms. The summed E-state index contributed by atoms with van der Waals surface area (Å²) in [6.45, 7) is 5.27. The van der Waals surface area contributed by atoms with Gasteiger partial charge >= 0.3 is 0 Å². The second-order valence-electron chi connectivity index (χ2n) is 6.20. The Bertz CT molecular complexity index is 736. The van der Waals surface area contributed by atoms with Gasteiger partial charge in [-0.25, -0.2) is 9.37 Å². The molecule has 0 aliphatic carbocycles. The second kappa shape index (κ2) is 7.72. The van der Waals surface area contributed by atoms with Crippen LogP contribution in [0.2, 0.25) is 0 Å². The Morgan fingerprint density at radius 1 is 1.54 bits per heavy atom. The summed E-state index contributed by atoms with van der Waals surface area (Å²) in [7, 11) is 0. The monoisotopic (exact) mass is 411 g/mol. The maximum atomic E-state index is 13.3. The van der Waals surface area contributed by atoms with Gasteiger partial charge in [0.1, 0.15) is 5.82 Å². The minimum atomic E-state index is -0.442. The molecule has 3 rings (SSSR count). The number of halogens is 2. The summed E-state index contributed by atoms with van der Waals surface area (Å²) in [5.41, 5.74) is 1.22. The van der Waals surface area contributed by atoms with Crippen molar-refractivity contribution in [3.05, 3.63) is 45.1 Å². The normalized spacial score (nSPS) is 18.5. The first kappa shape index (κ1) is 17.5. The van der Waals surface area contributed by atoms with Gasteiger partial charge in [0.15, 0.2) is 5.13 Å². The van der Waals surface area contributed by atoms with Gasteiger partial charge in [-0.15, -0.1) is 11.3 Å². The molecule has 1 amide bonds. The molecule has 0 bridgehead atoms. The lowest BCUT2D eigenvalue weighted by Gasteiger charge is -2.30. The average molecular weight is 412 g/mol. The van der Waals surface area contributed by atoms with Gasteiger partial charge in [-0.1, -0.05) is 6.92 Å². The van der Waals surface area contributed by atoms with Crippen molar-refractivity contribution < 1.29 is 9.18 Å². The van der Waals surface area contributed by atoms with Crippen molar-refractivity contribution in [2.45, 2.75) is 26.3 Å². The number of hydrogen-bond acceptors (Lipinski definition) is 4. The molecule has 1 aliphatic heterocycles. The quantitative estimate of drug-likeness (QED) is 0.803. The molecule has 4 nitrogen and oxygen atoms in total. The Hall–Kier alpha value is -1.31. The van der Waals surface area contributed by atoms with E-state index in [9.17, 15) is 9.18 Å². The lowest BCUT2D eigenvalue weighted by molar-refractivity contribution is 0.102. The molecule has 24 heavy (non-hydrogen) atoms. The number of piperidine rings is 1. The fourth-order valence-electron chi connectivity index (χ4n) is 2.93. The Morgan fingerprint density at radius 3 is 3.17 bits per heavy atom. The van der Waals surface area contributed by atoms with Crippen LogP contribution in [0.1, 0.15) is 35.8 Å². The molecule has 1 fully saturated rings. The standard InChI is InChI=1S/C17H19BrFN3OS/c1-11-3-2-6-22(8-11)9-13-10-24-17(20-13)21-16(23)14-7-12(19)4-5-15(14)18/h4-5,7,10-11H,2-3,6,8-9H2,1H3,(H,20,21,23)/t11-/m0/s1. The van der Waals surface area contributed by atoms with Crippen LogP contribution >= 0.6 is 27.3 Å². The van der Waals surface area contributed by atoms with Gasteiger partial charge in [0.05, 0.1) is 11.3 Å². The molecule has 0 radical (unpaired) electrons. The van der Waals surface area contributed by atoms with E-state index in [4.69, 9.17) is 0 Å². The summed E-state index contributed by atoms with van der Waals surface area (Å²) < 4.78 is 13.9. The van der Waals surface area contributed by atoms with E-state index >= 15 is 0 Å². The van der Waals surface area contributed by atoms with E-state index in [1.807, 2.05) is 5.38 Å². The zero-order valence-electron chi connectivity index (χ0n) is 13.4. The maximum Gasteiger partial charge on any atom is 0.258 e. The van der Waals surface area contributed by atoms with Gasteiger partial charge in [0, 0.05) is 22.9 Å². The molecule has 128 valence electrons. The number of likely N-dealkylation sites (tertiary alicyclic amines) is 1. The maximum absolute atomic E-state index is 13.3. The van der Waals surface area contributed by atoms with Gasteiger partial charge < -0.3 is 0 Å². The van der Waals surface area contributed by atoms with E-state index in [-0.39, 0.29) is 11.5 Å². The van der Waals surface area contributed by atoms with E-state index < -0.39 is 5.82 Å². The number of nitrogens with one attached hydrogen (secondary N) is 1. The van der Waals surface area contributed by atoms with Crippen LogP contribution in [0.3, 0.4) is 0 Å². The van der Waals surface area contributed by atoms with Crippen LogP contribution in [0.15, 0.2) is 28.1 Å². The largest absolute Gasteiger partial charge is 0.298 e. The molecule has 1 N–H and O–H groups in total. The lowest BCUT2D eigenvalue weighted by Crippen LogP contribution is -2.33. The molecular formula is C17H19BrFN3OS. The summed E-state index contributed by atoms with van der Waals surface area (Å²) in [4.78, 5) is 19.2. The van der Waals surface area contributed by atoms with Crippen LogP contribution in [0, 0.1) is 11.7 Å². The van der Waals surface area contributed by atoms with Crippen LogP contribution in [0.25, 0.3) is 0 Å². The van der Waals surface area contributed by atoms with Crippen molar-refractivity contribution in [3.63, 3.8) is 0 Å². The van der Waals surface area contributed by atoms with Crippen molar-refractivity contribution >= 4 is 38.3 Å². The molecule has 1 aromatic heterocycles. The molecule has 2 heterocycles. The topological polar surface area (TPSA) is 45.2 Å². The summed E-state index contributed by atoms with van der Waals surface area (Å²) in [6.07, 6.45) is 2.51. The van der Waals surface area contributed by atoms with Crippen molar-refractivity contribution in [2.75, 3.05) is 18.4 Å². The molecular weight excluding hydrogens is 393 g/mol. The number of thiazole rings is 1. The highest BCUT2D eigenvalue weighted by molar-refractivity contribution is 9.10. The van der Waals surface area contributed by atoms with Crippen LogP contribution in [0.5, 0.6) is 0 Å². The number of nitrogens with zero attached hydrogens (tertiary/aromatic N) is 2. The van der Waals surface area contributed by atoms with E-state index in [1.54, 1.807) is 0 Å². The summed E-state index contributed by atoms with van der Waals surface area (Å²) in [5.74, 6) is -0.0850. The Morgan fingerprint density at radius 2 is 2.38 bits per heavy atom. The van der Waals surface area contributed by atoms with E-state index in [1.165, 1.54) is 42.4 Å². The first-order valence-corrected chi connectivity index (χ1v) is 9.61. The highest BCUT2D eigenvalue weighted by atomic mass is 79.9. The molecule has 0 saturated carbocycles. The molecule has 0 unspecified atom stereocenters. The third-order valence-electron chi connectivity index (χ3n) is 4.07. The predicted molar refractivity (Wildman–Crippen MR) is 97.8 cm³/mol.